The predicted octanol–water partition coefficient (Wildman–Crippen LogP) is 3.37. The number of nitro benzene ring substituents is 1. The van der Waals surface area contributed by atoms with Crippen molar-refractivity contribution in [2.75, 3.05) is 5.32 Å². The molecule has 7 nitrogen and oxygen atoms in total. The fraction of sp³-hybridized carbons (Fsp3) is 0.316. The summed E-state index contributed by atoms with van der Waals surface area (Å²) in [5.74, 6) is -0.249. The average molecular weight is 355 g/mol. The van der Waals surface area contributed by atoms with E-state index in [-0.39, 0.29) is 17.6 Å². The Kier molecular flexibility index (Phi) is 5.48. The van der Waals surface area contributed by atoms with Gasteiger partial charge in [0.15, 0.2) is 0 Å². The lowest BCUT2D eigenvalue weighted by molar-refractivity contribution is -0.384. The van der Waals surface area contributed by atoms with E-state index < -0.39 is 11.0 Å². The molecule has 0 radical (unpaired) electrons. The smallest absolute Gasteiger partial charge is 0.269 e. The second kappa shape index (κ2) is 7.97. The van der Waals surface area contributed by atoms with Crippen LogP contribution in [0.2, 0.25) is 0 Å². The first-order valence-corrected chi connectivity index (χ1v) is 8.64. The summed E-state index contributed by atoms with van der Waals surface area (Å²) < 4.78 is 0. The van der Waals surface area contributed by atoms with Gasteiger partial charge in [-0.05, 0) is 37.1 Å². The lowest BCUT2D eigenvalue weighted by atomic mass is 9.92. The van der Waals surface area contributed by atoms with Crippen LogP contribution in [0.1, 0.15) is 36.0 Å². The maximum absolute atomic E-state index is 12.7. The van der Waals surface area contributed by atoms with Crippen molar-refractivity contribution in [2.24, 2.45) is 0 Å². The van der Waals surface area contributed by atoms with Crippen LogP contribution in [0, 0.1) is 10.1 Å². The third-order valence-electron chi connectivity index (χ3n) is 4.57. The molecule has 26 heavy (non-hydrogen) atoms. The second-order valence-electron chi connectivity index (χ2n) is 6.41. The van der Waals surface area contributed by atoms with Crippen LogP contribution >= 0.6 is 0 Å². The summed E-state index contributed by atoms with van der Waals surface area (Å²) in [5, 5.41) is 26.8. The van der Waals surface area contributed by atoms with Gasteiger partial charge in [0.25, 0.3) is 11.6 Å². The first-order chi connectivity index (χ1) is 12.5. The van der Waals surface area contributed by atoms with E-state index in [0.717, 1.165) is 19.3 Å². The number of rotatable bonds is 5. The number of nitro groups is 1. The summed E-state index contributed by atoms with van der Waals surface area (Å²) in [6.45, 7) is 0. The highest BCUT2D eigenvalue weighted by atomic mass is 16.6. The summed E-state index contributed by atoms with van der Waals surface area (Å²) in [6, 6.07) is 12.8. The zero-order chi connectivity index (χ0) is 18.5. The molecule has 2 unspecified atom stereocenters. The minimum absolute atomic E-state index is 0.00728. The van der Waals surface area contributed by atoms with E-state index in [1.165, 1.54) is 12.1 Å². The normalized spacial score (nSPS) is 19.6. The van der Waals surface area contributed by atoms with Gasteiger partial charge in [-0.25, -0.2) is 0 Å². The Morgan fingerprint density at radius 1 is 1.08 bits per heavy atom. The molecule has 3 N–H and O–H groups in total. The fourth-order valence-electron chi connectivity index (χ4n) is 3.14. The minimum Gasteiger partial charge on any atom is -0.391 e. The number of hydrogen-bond acceptors (Lipinski definition) is 5. The van der Waals surface area contributed by atoms with Crippen LogP contribution in [0.25, 0.3) is 0 Å². The van der Waals surface area contributed by atoms with E-state index in [1.807, 2.05) is 0 Å². The molecule has 0 bridgehead atoms. The van der Waals surface area contributed by atoms with Crippen molar-refractivity contribution in [1.82, 2.24) is 5.32 Å². The van der Waals surface area contributed by atoms with Crippen LogP contribution in [0.3, 0.4) is 0 Å². The predicted molar refractivity (Wildman–Crippen MR) is 98.6 cm³/mol. The van der Waals surface area contributed by atoms with Crippen LogP contribution in [0.15, 0.2) is 48.5 Å². The third-order valence-corrected chi connectivity index (χ3v) is 4.57. The second-order valence-corrected chi connectivity index (χ2v) is 6.41. The highest BCUT2D eigenvalue weighted by molar-refractivity contribution is 6.00. The molecule has 1 aliphatic carbocycles. The van der Waals surface area contributed by atoms with E-state index in [4.69, 9.17) is 0 Å². The van der Waals surface area contributed by atoms with Crippen LogP contribution in [-0.2, 0) is 0 Å². The SMILES string of the molecule is O=C(NC1CCCCC1O)c1ccccc1Nc1ccc([N+](=O)[O-])cc1. The monoisotopic (exact) mass is 355 g/mol. The summed E-state index contributed by atoms with van der Waals surface area (Å²) in [4.78, 5) is 22.9. The van der Waals surface area contributed by atoms with Crippen molar-refractivity contribution >= 4 is 23.0 Å². The molecule has 1 aliphatic rings. The van der Waals surface area contributed by atoms with Gasteiger partial charge < -0.3 is 15.7 Å². The Morgan fingerprint density at radius 2 is 1.77 bits per heavy atom. The van der Waals surface area contributed by atoms with Crippen molar-refractivity contribution in [1.29, 1.82) is 0 Å². The number of aliphatic hydroxyl groups is 1. The zero-order valence-corrected chi connectivity index (χ0v) is 14.2. The number of amides is 1. The molecule has 0 aliphatic heterocycles. The Balaban J connectivity index is 1.75. The molecule has 1 amide bonds. The maximum atomic E-state index is 12.7. The Bertz CT molecular complexity index is 792. The Labute approximate surface area is 151 Å². The summed E-state index contributed by atoms with van der Waals surface area (Å²) >= 11 is 0. The number of para-hydroxylation sites is 1. The standard InChI is InChI=1S/C19H21N3O4/c23-18-8-4-3-7-17(18)21-19(24)15-5-1-2-6-16(15)20-13-9-11-14(12-10-13)22(25)26/h1-2,5-6,9-12,17-18,20,23H,3-4,7-8H2,(H,21,24). The molecule has 3 rings (SSSR count). The molecule has 1 saturated carbocycles. The van der Waals surface area contributed by atoms with Crippen LogP contribution < -0.4 is 10.6 Å². The lowest BCUT2D eigenvalue weighted by Crippen LogP contribution is -2.45. The first kappa shape index (κ1) is 17.9. The third kappa shape index (κ3) is 4.18. The molecule has 2 aromatic carbocycles. The van der Waals surface area contributed by atoms with E-state index >= 15 is 0 Å². The molecule has 7 heteroatoms. The van der Waals surface area contributed by atoms with Crippen LogP contribution in [-0.4, -0.2) is 28.1 Å². The van der Waals surface area contributed by atoms with Crippen molar-refractivity contribution in [2.45, 2.75) is 37.8 Å². The Hall–Kier alpha value is -2.93. The minimum atomic E-state index is -0.512. The molecule has 2 aromatic rings. The lowest BCUT2D eigenvalue weighted by Gasteiger charge is -2.28. The first-order valence-electron chi connectivity index (χ1n) is 8.64. The van der Waals surface area contributed by atoms with Gasteiger partial charge in [0, 0.05) is 17.8 Å². The van der Waals surface area contributed by atoms with Gasteiger partial charge in [0.05, 0.1) is 28.3 Å². The number of aliphatic hydroxyl groups excluding tert-OH is 1. The average Bonchev–Trinajstić information content (AvgIpc) is 2.64. The topological polar surface area (TPSA) is 104 Å². The van der Waals surface area contributed by atoms with Gasteiger partial charge in [-0.15, -0.1) is 0 Å². The quantitative estimate of drug-likeness (QED) is 0.563. The number of hydrogen-bond donors (Lipinski definition) is 3. The van der Waals surface area contributed by atoms with Gasteiger partial charge in [0.2, 0.25) is 0 Å². The van der Waals surface area contributed by atoms with Gasteiger partial charge in [-0.3, -0.25) is 14.9 Å². The molecule has 2 atom stereocenters. The fourth-order valence-corrected chi connectivity index (χ4v) is 3.14. The molecule has 0 heterocycles. The largest absolute Gasteiger partial charge is 0.391 e. The number of non-ortho nitro benzene ring substituents is 1. The number of carbonyl (C=O) groups excluding carboxylic acids is 1. The molecule has 0 saturated heterocycles. The highest BCUT2D eigenvalue weighted by Gasteiger charge is 2.25. The highest BCUT2D eigenvalue weighted by Crippen LogP contribution is 2.24. The van der Waals surface area contributed by atoms with E-state index in [0.29, 0.717) is 23.4 Å². The van der Waals surface area contributed by atoms with E-state index in [9.17, 15) is 20.0 Å². The Morgan fingerprint density at radius 3 is 2.46 bits per heavy atom. The van der Waals surface area contributed by atoms with E-state index in [2.05, 4.69) is 10.6 Å². The van der Waals surface area contributed by atoms with Gasteiger partial charge >= 0.3 is 0 Å². The number of nitrogens with zero attached hydrogens (tertiary/aromatic N) is 1. The molecule has 0 aromatic heterocycles. The molecule has 0 spiro atoms. The van der Waals surface area contributed by atoms with Crippen molar-refractivity contribution in [3.8, 4) is 0 Å². The van der Waals surface area contributed by atoms with Crippen LogP contribution in [0.4, 0.5) is 17.1 Å². The molecular formula is C19H21N3O4. The number of benzene rings is 2. The van der Waals surface area contributed by atoms with Crippen molar-refractivity contribution in [3.05, 3.63) is 64.2 Å². The molecular weight excluding hydrogens is 334 g/mol. The zero-order valence-electron chi connectivity index (χ0n) is 14.2. The number of nitrogens with one attached hydrogen (secondary N) is 2. The maximum Gasteiger partial charge on any atom is 0.269 e. The van der Waals surface area contributed by atoms with Gasteiger partial charge in [0.1, 0.15) is 0 Å². The molecule has 136 valence electrons. The van der Waals surface area contributed by atoms with Crippen molar-refractivity contribution < 1.29 is 14.8 Å². The number of carbonyl (C=O) groups is 1. The summed E-state index contributed by atoms with van der Waals surface area (Å²) in [5.41, 5.74) is 1.72. The van der Waals surface area contributed by atoms with Crippen LogP contribution in [0.5, 0.6) is 0 Å². The van der Waals surface area contributed by atoms with Crippen molar-refractivity contribution in [3.63, 3.8) is 0 Å². The summed E-state index contributed by atoms with van der Waals surface area (Å²) in [6.07, 6.45) is 2.93. The summed E-state index contributed by atoms with van der Waals surface area (Å²) in [7, 11) is 0. The molecule has 1 fully saturated rings. The van der Waals surface area contributed by atoms with Gasteiger partial charge in [-0.2, -0.15) is 0 Å². The number of anilines is 2. The van der Waals surface area contributed by atoms with E-state index in [1.54, 1.807) is 36.4 Å². The van der Waals surface area contributed by atoms with Gasteiger partial charge in [-0.1, -0.05) is 25.0 Å².